The van der Waals surface area contributed by atoms with E-state index < -0.39 is 27.5 Å². The lowest BCUT2D eigenvalue weighted by atomic mass is 10.2. The number of nitro groups is 2. The predicted octanol–water partition coefficient (Wildman–Crippen LogP) is 5.25. The van der Waals surface area contributed by atoms with Crippen molar-refractivity contribution < 1.29 is 23.4 Å². The highest BCUT2D eigenvalue weighted by Gasteiger charge is 2.21. The minimum atomic E-state index is -2.89. The minimum absolute atomic E-state index is 0.00694. The lowest BCUT2D eigenvalue weighted by molar-refractivity contribution is -0.386. The number of hydrogen-bond acceptors (Lipinski definition) is 5. The molecule has 2 aromatic rings. The minimum Gasteiger partial charge on any atom is -0.298 e. The van der Waals surface area contributed by atoms with E-state index in [4.69, 9.17) is 23.2 Å². The zero-order valence-electron chi connectivity index (χ0n) is 12.1. The van der Waals surface area contributed by atoms with Crippen LogP contribution in [0.25, 0.3) is 0 Å². The first-order valence-corrected chi connectivity index (χ1v) is 7.04. The molecule has 2 rings (SSSR count). The molecule has 132 valence electrons. The first-order valence-electron chi connectivity index (χ1n) is 6.28. The Morgan fingerprint density at radius 2 is 1.40 bits per heavy atom. The van der Waals surface area contributed by atoms with Crippen molar-refractivity contribution >= 4 is 40.9 Å². The number of alkyl halides is 2. The molecule has 0 unspecified atom stereocenters. The average Bonchev–Trinajstić information content (AvgIpc) is 2.54. The fourth-order valence-electron chi connectivity index (χ4n) is 1.65. The zero-order valence-corrected chi connectivity index (χ0v) is 13.6. The van der Waals surface area contributed by atoms with Crippen LogP contribution in [-0.4, -0.2) is 16.1 Å². The second-order valence-electron chi connectivity index (χ2n) is 4.34. The van der Waals surface area contributed by atoms with E-state index in [9.17, 15) is 33.8 Å². The Morgan fingerprint density at radius 3 is 1.84 bits per heavy atom. The highest BCUT2D eigenvalue weighted by atomic mass is 35.5. The molecule has 0 saturated carbocycles. The SMILES string of the molecule is O=Cc1cc(Cl)ccc1[N+](=O)[O-].O=[N+]([O-])c1ccc(Cl)cc1C(F)F. The Hall–Kier alpha value is -2.65. The summed E-state index contributed by atoms with van der Waals surface area (Å²) in [7, 11) is 0. The highest BCUT2D eigenvalue weighted by Crippen LogP contribution is 2.30. The molecule has 7 nitrogen and oxygen atoms in total. The Labute approximate surface area is 149 Å². The fourth-order valence-corrected chi connectivity index (χ4v) is 2.01. The van der Waals surface area contributed by atoms with Gasteiger partial charge in [-0.2, -0.15) is 0 Å². The molecule has 0 aliphatic heterocycles. The summed E-state index contributed by atoms with van der Waals surface area (Å²) in [4.78, 5) is 29.4. The number of rotatable bonds is 4. The van der Waals surface area contributed by atoms with Crippen molar-refractivity contribution in [2.75, 3.05) is 0 Å². The largest absolute Gasteiger partial charge is 0.298 e. The molecule has 0 spiro atoms. The highest BCUT2D eigenvalue weighted by molar-refractivity contribution is 6.31. The molecule has 0 bridgehead atoms. The maximum atomic E-state index is 12.2. The molecule has 25 heavy (non-hydrogen) atoms. The van der Waals surface area contributed by atoms with Gasteiger partial charge in [0.1, 0.15) is 0 Å². The van der Waals surface area contributed by atoms with Crippen LogP contribution in [0.5, 0.6) is 0 Å². The van der Waals surface area contributed by atoms with Crippen molar-refractivity contribution in [2.45, 2.75) is 6.43 Å². The molecule has 11 heteroatoms. The molecule has 0 aliphatic rings. The van der Waals surface area contributed by atoms with Crippen molar-refractivity contribution in [3.8, 4) is 0 Å². The van der Waals surface area contributed by atoms with Gasteiger partial charge in [0, 0.05) is 22.2 Å². The van der Waals surface area contributed by atoms with Gasteiger partial charge in [-0.3, -0.25) is 25.0 Å². The molecule has 0 heterocycles. The van der Waals surface area contributed by atoms with Crippen LogP contribution in [0, 0.1) is 20.2 Å². The van der Waals surface area contributed by atoms with Gasteiger partial charge < -0.3 is 0 Å². The third-order valence-electron chi connectivity index (χ3n) is 2.73. The van der Waals surface area contributed by atoms with Gasteiger partial charge in [-0.05, 0) is 24.3 Å². The van der Waals surface area contributed by atoms with Crippen LogP contribution in [0.3, 0.4) is 0 Å². The van der Waals surface area contributed by atoms with E-state index >= 15 is 0 Å². The van der Waals surface area contributed by atoms with E-state index in [1.807, 2.05) is 0 Å². The summed E-state index contributed by atoms with van der Waals surface area (Å²) in [6.45, 7) is 0. The van der Waals surface area contributed by atoms with E-state index in [-0.39, 0.29) is 16.3 Å². The van der Waals surface area contributed by atoms with Crippen LogP contribution in [0.1, 0.15) is 22.3 Å². The molecule has 0 amide bonds. The number of carbonyl (C=O) groups is 1. The Morgan fingerprint density at radius 1 is 0.920 bits per heavy atom. The Bertz CT molecular complexity index is 818. The van der Waals surface area contributed by atoms with Gasteiger partial charge in [-0.15, -0.1) is 0 Å². The molecular formula is C14H8Cl2F2N2O5. The van der Waals surface area contributed by atoms with Gasteiger partial charge in [-0.1, -0.05) is 23.2 Å². The number of nitro benzene ring substituents is 2. The van der Waals surface area contributed by atoms with Crippen LogP contribution in [0.4, 0.5) is 20.2 Å². The van der Waals surface area contributed by atoms with E-state index in [1.165, 1.54) is 24.3 Å². The summed E-state index contributed by atoms with van der Waals surface area (Å²) in [6.07, 6.45) is -2.48. The zero-order chi connectivity index (χ0) is 19.1. The molecule has 0 aliphatic carbocycles. The molecule has 2 aromatic carbocycles. The summed E-state index contributed by atoms with van der Waals surface area (Å²) < 4.78 is 24.4. The third kappa shape index (κ3) is 5.73. The van der Waals surface area contributed by atoms with Crippen LogP contribution in [0.15, 0.2) is 36.4 Å². The maximum absolute atomic E-state index is 12.2. The second kappa shape index (κ2) is 9.00. The number of aldehydes is 1. The fraction of sp³-hybridized carbons (Fsp3) is 0.0714. The summed E-state index contributed by atoms with van der Waals surface area (Å²) >= 11 is 10.9. The third-order valence-corrected chi connectivity index (χ3v) is 3.20. The number of benzene rings is 2. The van der Waals surface area contributed by atoms with Crippen LogP contribution in [0.2, 0.25) is 10.0 Å². The van der Waals surface area contributed by atoms with Crippen molar-refractivity contribution in [3.63, 3.8) is 0 Å². The first kappa shape index (κ1) is 20.4. The standard InChI is InChI=1S/C7H4ClF2NO2.C7H4ClNO3/c8-4-1-2-6(11(12)13)5(3-4)7(9)10;8-6-1-2-7(9(11)12)5(3-6)4-10/h1-3,7H;1-4H. The topological polar surface area (TPSA) is 103 Å². The van der Waals surface area contributed by atoms with Crippen molar-refractivity contribution in [1.29, 1.82) is 0 Å². The van der Waals surface area contributed by atoms with Crippen LogP contribution >= 0.6 is 23.2 Å². The van der Waals surface area contributed by atoms with Gasteiger partial charge >= 0.3 is 0 Å². The van der Waals surface area contributed by atoms with Crippen LogP contribution in [-0.2, 0) is 0 Å². The summed E-state index contributed by atoms with van der Waals surface area (Å²) in [6, 6.07) is 6.88. The van der Waals surface area contributed by atoms with Gasteiger partial charge in [0.25, 0.3) is 17.8 Å². The Kier molecular flexibility index (Phi) is 7.34. The van der Waals surface area contributed by atoms with Crippen molar-refractivity contribution in [3.05, 3.63) is 77.8 Å². The molecular weight excluding hydrogens is 385 g/mol. The smallest absolute Gasteiger partial charge is 0.279 e. The number of halogens is 4. The number of hydrogen-bond donors (Lipinski definition) is 0. The summed E-state index contributed by atoms with van der Waals surface area (Å²) in [5, 5.41) is 20.9. The maximum Gasteiger partial charge on any atom is 0.279 e. The molecule has 0 atom stereocenters. The molecule has 0 radical (unpaired) electrons. The molecule has 0 N–H and O–H groups in total. The van der Waals surface area contributed by atoms with Crippen LogP contribution < -0.4 is 0 Å². The van der Waals surface area contributed by atoms with Gasteiger partial charge in [-0.25, -0.2) is 8.78 Å². The van der Waals surface area contributed by atoms with E-state index in [1.54, 1.807) is 0 Å². The van der Waals surface area contributed by atoms with Crippen molar-refractivity contribution in [1.82, 2.24) is 0 Å². The Balaban J connectivity index is 0.000000251. The lowest BCUT2D eigenvalue weighted by Crippen LogP contribution is -1.95. The number of carbonyl (C=O) groups excluding carboxylic acids is 1. The summed E-state index contributed by atoms with van der Waals surface area (Å²) in [5.41, 5.74) is -1.50. The normalized spacial score (nSPS) is 9.96. The van der Waals surface area contributed by atoms with Crippen molar-refractivity contribution in [2.24, 2.45) is 0 Å². The average molecular weight is 393 g/mol. The van der Waals surface area contributed by atoms with Gasteiger partial charge in [0.2, 0.25) is 0 Å². The van der Waals surface area contributed by atoms with E-state index in [2.05, 4.69) is 0 Å². The summed E-state index contributed by atoms with van der Waals surface area (Å²) in [5.74, 6) is 0. The molecule has 0 saturated heterocycles. The second-order valence-corrected chi connectivity index (χ2v) is 5.21. The number of nitrogens with zero attached hydrogens (tertiary/aromatic N) is 2. The first-order chi connectivity index (χ1) is 11.7. The predicted molar refractivity (Wildman–Crippen MR) is 86.6 cm³/mol. The van der Waals surface area contributed by atoms with Gasteiger partial charge in [0.05, 0.1) is 21.0 Å². The quantitative estimate of drug-likeness (QED) is 0.401. The van der Waals surface area contributed by atoms with Gasteiger partial charge in [0.15, 0.2) is 6.29 Å². The lowest BCUT2D eigenvalue weighted by Gasteiger charge is -2.01. The molecule has 0 aromatic heterocycles. The molecule has 0 fully saturated rings. The monoisotopic (exact) mass is 392 g/mol. The van der Waals surface area contributed by atoms with E-state index in [0.717, 1.165) is 12.1 Å². The van der Waals surface area contributed by atoms with E-state index in [0.29, 0.717) is 11.3 Å².